The molecule has 2 aliphatic rings. The molecular formula is C20H29N5O2. The van der Waals surface area contributed by atoms with E-state index < -0.39 is 0 Å². The van der Waals surface area contributed by atoms with Crippen LogP contribution in [0.15, 0.2) is 11.1 Å². The zero-order valence-corrected chi connectivity index (χ0v) is 16.3. The van der Waals surface area contributed by atoms with Gasteiger partial charge in [-0.15, -0.1) is 0 Å². The van der Waals surface area contributed by atoms with E-state index in [0.29, 0.717) is 23.0 Å². The maximum absolute atomic E-state index is 12.8. The molecule has 7 heteroatoms. The summed E-state index contributed by atoms with van der Waals surface area (Å²) in [5.74, 6) is 1.90. The number of nitrogens with one attached hydrogen (secondary N) is 1. The van der Waals surface area contributed by atoms with Gasteiger partial charge in [0.05, 0.1) is 0 Å². The van der Waals surface area contributed by atoms with Gasteiger partial charge in [-0.2, -0.15) is 0 Å². The molecule has 1 amide bonds. The molecule has 2 aromatic rings. The van der Waals surface area contributed by atoms with Gasteiger partial charge in [-0.25, -0.2) is 9.97 Å². The Kier molecular flexibility index (Phi) is 5.02. The van der Waals surface area contributed by atoms with Crippen LogP contribution in [0, 0.1) is 11.8 Å². The van der Waals surface area contributed by atoms with E-state index in [0.717, 1.165) is 44.5 Å². The molecule has 1 aliphatic carbocycles. The first-order valence-corrected chi connectivity index (χ1v) is 10.3. The Morgan fingerprint density at radius 2 is 2.07 bits per heavy atom. The molecule has 3 heterocycles. The van der Waals surface area contributed by atoms with Gasteiger partial charge in [-0.3, -0.25) is 14.2 Å². The number of aryl methyl sites for hydroxylation is 2. The lowest BCUT2D eigenvalue weighted by Crippen LogP contribution is -2.45. The van der Waals surface area contributed by atoms with Crippen molar-refractivity contribution in [2.45, 2.75) is 77.9 Å². The van der Waals surface area contributed by atoms with Gasteiger partial charge in [0.15, 0.2) is 11.2 Å². The second-order valence-electron chi connectivity index (χ2n) is 8.28. The SMILES string of the molecule is CC1CCCC(NC(=O)Cn2cnc3c(nc4n3CCCCC4)c2=O)C1C. The number of aromatic nitrogens is 4. The van der Waals surface area contributed by atoms with Crippen molar-refractivity contribution < 1.29 is 4.79 Å². The minimum atomic E-state index is -0.221. The van der Waals surface area contributed by atoms with Gasteiger partial charge in [0, 0.05) is 19.0 Å². The molecule has 7 nitrogen and oxygen atoms in total. The average Bonchev–Trinajstić information content (AvgIpc) is 2.83. The van der Waals surface area contributed by atoms with Crippen LogP contribution in [-0.4, -0.2) is 31.1 Å². The Hall–Kier alpha value is -2.18. The third-order valence-corrected chi connectivity index (χ3v) is 6.45. The number of nitrogens with zero attached hydrogens (tertiary/aromatic N) is 4. The van der Waals surface area contributed by atoms with Crippen molar-refractivity contribution >= 4 is 17.1 Å². The number of amides is 1. The summed E-state index contributed by atoms with van der Waals surface area (Å²) in [7, 11) is 0. The first kappa shape index (κ1) is 18.2. The fourth-order valence-corrected chi connectivity index (χ4v) is 4.54. The quantitative estimate of drug-likeness (QED) is 0.897. The lowest BCUT2D eigenvalue weighted by molar-refractivity contribution is -0.123. The van der Waals surface area contributed by atoms with Crippen molar-refractivity contribution in [1.82, 2.24) is 24.4 Å². The second-order valence-corrected chi connectivity index (χ2v) is 8.28. The first-order valence-electron chi connectivity index (χ1n) is 10.3. The highest BCUT2D eigenvalue weighted by atomic mass is 16.2. The summed E-state index contributed by atoms with van der Waals surface area (Å²) >= 11 is 0. The van der Waals surface area contributed by atoms with Crippen LogP contribution in [0.4, 0.5) is 0 Å². The lowest BCUT2D eigenvalue weighted by Gasteiger charge is -2.34. The number of carbonyl (C=O) groups excluding carboxylic acids is 1. The highest BCUT2D eigenvalue weighted by molar-refractivity contribution is 5.77. The van der Waals surface area contributed by atoms with Crippen LogP contribution < -0.4 is 10.9 Å². The largest absolute Gasteiger partial charge is 0.352 e. The molecule has 3 unspecified atom stereocenters. The summed E-state index contributed by atoms with van der Waals surface area (Å²) < 4.78 is 3.46. The number of rotatable bonds is 3. The topological polar surface area (TPSA) is 81.8 Å². The summed E-state index contributed by atoms with van der Waals surface area (Å²) in [6.07, 6.45) is 9.12. The number of carbonyl (C=O) groups is 1. The van der Waals surface area contributed by atoms with E-state index in [1.54, 1.807) is 0 Å². The first-order chi connectivity index (χ1) is 13.0. The molecule has 0 bridgehead atoms. The third-order valence-electron chi connectivity index (χ3n) is 6.45. The van der Waals surface area contributed by atoms with Gasteiger partial charge < -0.3 is 9.88 Å². The molecule has 3 atom stereocenters. The zero-order valence-electron chi connectivity index (χ0n) is 16.3. The Balaban J connectivity index is 1.53. The van der Waals surface area contributed by atoms with E-state index in [1.807, 2.05) is 0 Å². The van der Waals surface area contributed by atoms with E-state index in [9.17, 15) is 9.59 Å². The standard InChI is InChI=1S/C20H29N5O2/c1-13-7-6-8-15(14(13)2)22-17(26)11-24-12-21-19-18(20(24)27)23-16-9-4-3-5-10-25(16)19/h12-15H,3-11H2,1-2H3,(H,22,26). The molecule has 1 saturated carbocycles. The van der Waals surface area contributed by atoms with Crippen LogP contribution >= 0.6 is 0 Å². The summed E-state index contributed by atoms with van der Waals surface area (Å²) in [6.45, 7) is 5.31. The normalized spacial score (nSPS) is 25.8. The predicted molar refractivity (Wildman–Crippen MR) is 103 cm³/mol. The number of hydrogen-bond donors (Lipinski definition) is 1. The smallest absolute Gasteiger partial charge is 0.282 e. The minimum Gasteiger partial charge on any atom is -0.352 e. The molecule has 0 spiro atoms. The fourth-order valence-electron chi connectivity index (χ4n) is 4.54. The Morgan fingerprint density at radius 1 is 1.22 bits per heavy atom. The van der Waals surface area contributed by atoms with Crippen LogP contribution in [0.2, 0.25) is 0 Å². The van der Waals surface area contributed by atoms with Crippen LogP contribution in [-0.2, 0) is 24.3 Å². The highest BCUT2D eigenvalue weighted by Gasteiger charge is 2.28. The zero-order chi connectivity index (χ0) is 19.0. The molecule has 0 radical (unpaired) electrons. The summed E-state index contributed by atoms with van der Waals surface area (Å²) in [5.41, 5.74) is 0.825. The van der Waals surface area contributed by atoms with Crippen LogP contribution in [0.25, 0.3) is 11.2 Å². The molecule has 0 saturated heterocycles. The molecule has 1 fully saturated rings. The number of fused-ring (bicyclic) bond motifs is 3. The Bertz CT molecular complexity index is 900. The average molecular weight is 371 g/mol. The highest BCUT2D eigenvalue weighted by Crippen LogP contribution is 2.29. The number of imidazole rings is 1. The molecule has 0 aromatic carbocycles. The van der Waals surface area contributed by atoms with Gasteiger partial charge in [-0.1, -0.05) is 33.1 Å². The molecule has 1 aliphatic heterocycles. The van der Waals surface area contributed by atoms with Crippen molar-refractivity contribution in [1.29, 1.82) is 0 Å². The van der Waals surface area contributed by atoms with Gasteiger partial charge in [-0.05, 0) is 31.1 Å². The van der Waals surface area contributed by atoms with Crippen molar-refractivity contribution in [2.24, 2.45) is 11.8 Å². The molecule has 27 heavy (non-hydrogen) atoms. The predicted octanol–water partition coefficient (Wildman–Crippen LogP) is 2.26. The summed E-state index contributed by atoms with van der Waals surface area (Å²) in [4.78, 5) is 34.4. The molecule has 146 valence electrons. The van der Waals surface area contributed by atoms with Crippen molar-refractivity contribution in [2.75, 3.05) is 0 Å². The fraction of sp³-hybridized carbons (Fsp3) is 0.700. The van der Waals surface area contributed by atoms with E-state index in [2.05, 4.69) is 33.7 Å². The molecule has 2 aromatic heterocycles. The van der Waals surface area contributed by atoms with Gasteiger partial charge in [0.2, 0.25) is 5.91 Å². The third kappa shape index (κ3) is 3.51. The van der Waals surface area contributed by atoms with Crippen LogP contribution in [0.1, 0.15) is 58.2 Å². The van der Waals surface area contributed by atoms with E-state index in [1.165, 1.54) is 23.7 Å². The van der Waals surface area contributed by atoms with Gasteiger partial charge in [0.25, 0.3) is 5.56 Å². The second kappa shape index (κ2) is 7.44. The maximum atomic E-state index is 12.8. The number of hydrogen-bond acceptors (Lipinski definition) is 4. The lowest BCUT2D eigenvalue weighted by atomic mass is 9.78. The monoisotopic (exact) mass is 371 g/mol. The minimum absolute atomic E-state index is 0.00156. The maximum Gasteiger partial charge on any atom is 0.282 e. The van der Waals surface area contributed by atoms with E-state index in [4.69, 9.17) is 0 Å². The van der Waals surface area contributed by atoms with E-state index >= 15 is 0 Å². The van der Waals surface area contributed by atoms with Crippen LogP contribution in [0.5, 0.6) is 0 Å². The molecule has 4 rings (SSSR count). The van der Waals surface area contributed by atoms with Crippen LogP contribution in [0.3, 0.4) is 0 Å². The summed E-state index contributed by atoms with van der Waals surface area (Å²) in [5, 5.41) is 3.13. The van der Waals surface area contributed by atoms with Crippen molar-refractivity contribution in [3.8, 4) is 0 Å². The van der Waals surface area contributed by atoms with Gasteiger partial charge in [0.1, 0.15) is 18.7 Å². The molecular weight excluding hydrogens is 342 g/mol. The van der Waals surface area contributed by atoms with Crippen molar-refractivity contribution in [3.05, 3.63) is 22.5 Å². The van der Waals surface area contributed by atoms with Crippen molar-refractivity contribution in [3.63, 3.8) is 0 Å². The van der Waals surface area contributed by atoms with E-state index in [-0.39, 0.29) is 24.1 Å². The Morgan fingerprint density at radius 3 is 2.93 bits per heavy atom. The van der Waals surface area contributed by atoms with Gasteiger partial charge >= 0.3 is 0 Å². The molecule has 1 N–H and O–H groups in total. The Labute approximate surface area is 159 Å². The summed E-state index contributed by atoms with van der Waals surface area (Å²) in [6, 6.07) is 0.192.